The molecule has 1 aliphatic carbocycles. The number of hydrogen-bond donors (Lipinski definition) is 1. The zero-order valence-corrected chi connectivity index (χ0v) is 19.0. The summed E-state index contributed by atoms with van der Waals surface area (Å²) in [5.74, 6) is -0.329. The Morgan fingerprint density at radius 3 is 2.77 bits per heavy atom. The molecule has 2 atom stereocenters. The molecule has 2 aromatic heterocycles. The predicted molar refractivity (Wildman–Crippen MR) is 123 cm³/mol. The molecule has 3 aromatic rings. The van der Waals surface area contributed by atoms with Crippen LogP contribution in [0.2, 0.25) is 0 Å². The monoisotopic (exact) mass is 436 g/mol. The molecular formula is C24H28N4O2S. The number of azo groups is 1. The Balaban J connectivity index is 1.48. The van der Waals surface area contributed by atoms with Crippen LogP contribution in [-0.4, -0.2) is 33.1 Å². The lowest BCUT2D eigenvalue weighted by molar-refractivity contribution is 0.0999. The van der Waals surface area contributed by atoms with Crippen molar-refractivity contribution in [3.8, 4) is 5.88 Å². The molecule has 31 heavy (non-hydrogen) atoms. The van der Waals surface area contributed by atoms with Crippen molar-refractivity contribution in [3.05, 3.63) is 46.7 Å². The van der Waals surface area contributed by atoms with Crippen LogP contribution in [0.25, 0.3) is 10.9 Å². The second-order valence-corrected chi connectivity index (χ2v) is 11.1. The summed E-state index contributed by atoms with van der Waals surface area (Å²) in [6.07, 6.45) is 3.61. The van der Waals surface area contributed by atoms with E-state index in [0.29, 0.717) is 34.1 Å². The standard InChI is InChI=1S/C24H28N4O2S/c1-23(2)11-16-12-24(3,13-23)14-27(16)15-28-18-8-5-4-7-17(18)20(22(28)30)25-26-21(29)19-9-6-10-31-19/h4-10,16,30H,11-15H2,1-3H3/t16-,24-/m0/s1. The van der Waals surface area contributed by atoms with Crippen LogP contribution in [0.4, 0.5) is 5.69 Å². The Labute approximate surface area is 186 Å². The van der Waals surface area contributed by atoms with Crippen LogP contribution in [0.1, 0.15) is 49.7 Å². The molecule has 5 rings (SSSR count). The van der Waals surface area contributed by atoms with Gasteiger partial charge in [-0.1, -0.05) is 45.0 Å². The number of fused-ring (bicyclic) bond motifs is 3. The first-order chi connectivity index (χ1) is 14.7. The Morgan fingerprint density at radius 2 is 2.00 bits per heavy atom. The van der Waals surface area contributed by atoms with E-state index in [2.05, 4.69) is 35.9 Å². The summed E-state index contributed by atoms with van der Waals surface area (Å²) in [5, 5.41) is 21.8. The third-order valence-electron chi connectivity index (χ3n) is 6.74. The first-order valence-electron chi connectivity index (χ1n) is 10.8. The zero-order chi connectivity index (χ0) is 21.8. The number of carbonyl (C=O) groups excluding carboxylic acids is 1. The van der Waals surface area contributed by atoms with Gasteiger partial charge in [-0.3, -0.25) is 14.3 Å². The number of likely N-dealkylation sites (tertiary alicyclic amines) is 1. The third kappa shape index (κ3) is 3.70. The molecule has 0 spiro atoms. The number of aromatic hydroxyl groups is 1. The molecule has 0 radical (unpaired) electrons. The van der Waals surface area contributed by atoms with Crippen molar-refractivity contribution in [2.75, 3.05) is 6.54 Å². The molecule has 1 aliphatic heterocycles. The van der Waals surface area contributed by atoms with E-state index in [-0.39, 0.29) is 5.88 Å². The van der Waals surface area contributed by atoms with Gasteiger partial charge in [0.25, 0.3) is 0 Å². The fourth-order valence-electron chi connectivity index (χ4n) is 5.98. The quantitative estimate of drug-likeness (QED) is 0.496. The number of hydrogen-bond acceptors (Lipinski definition) is 5. The molecule has 162 valence electrons. The van der Waals surface area contributed by atoms with Gasteiger partial charge in [0.2, 0.25) is 5.88 Å². The third-order valence-corrected chi connectivity index (χ3v) is 7.59. The molecule has 6 nitrogen and oxygen atoms in total. The van der Waals surface area contributed by atoms with Crippen molar-refractivity contribution in [2.24, 2.45) is 21.1 Å². The molecule has 1 aromatic carbocycles. The number of thiophene rings is 1. The summed E-state index contributed by atoms with van der Waals surface area (Å²) in [7, 11) is 0. The summed E-state index contributed by atoms with van der Waals surface area (Å²) in [4.78, 5) is 15.3. The molecule has 2 fully saturated rings. The van der Waals surface area contributed by atoms with Crippen molar-refractivity contribution in [1.82, 2.24) is 9.47 Å². The summed E-state index contributed by atoms with van der Waals surface area (Å²) in [5.41, 5.74) is 1.92. The van der Waals surface area contributed by atoms with E-state index in [1.807, 2.05) is 40.3 Å². The van der Waals surface area contributed by atoms with E-state index < -0.39 is 5.91 Å². The van der Waals surface area contributed by atoms with Crippen molar-refractivity contribution in [3.63, 3.8) is 0 Å². The van der Waals surface area contributed by atoms with E-state index in [9.17, 15) is 9.90 Å². The lowest BCUT2D eigenvalue weighted by atomic mass is 9.65. The average molecular weight is 437 g/mol. The summed E-state index contributed by atoms with van der Waals surface area (Å²) in [6.45, 7) is 8.77. The molecule has 0 unspecified atom stereocenters. The van der Waals surface area contributed by atoms with E-state index in [4.69, 9.17) is 0 Å². The van der Waals surface area contributed by atoms with Crippen molar-refractivity contribution >= 4 is 33.8 Å². The first-order valence-corrected chi connectivity index (χ1v) is 11.7. The van der Waals surface area contributed by atoms with Gasteiger partial charge in [-0.25, -0.2) is 0 Å². The van der Waals surface area contributed by atoms with Gasteiger partial charge in [-0.05, 0) is 47.6 Å². The highest BCUT2D eigenvalue weighted by molar-refractivity contribution is 7.12. The van der Waals surface area contributed by atoms with Gasteiger partial charge in [0.15, 0.2) is 5.69 Å². The van der Waals surface area contributed by atoms with Gasteiger partial charge in [-0.15, -0.1) is 21.6 Å². The van der Waals surface area contributed by atoms with Gasteiger partial charge >= 0.3 is 5.91 Å². The van der Waals surface area contributed by atoms with Crippen LogP contribution in [0.5, 0.6) is 5.88 Å². The van der Waals surface area contributed by atoms with E-state index >= 15 is 0 Å². The summed E-state index contributed by atoms with van der Waals surface area (Å²) in [6, 6.07) is 11.8. The van der Waals surface area contributed by atoms with Gasteiger partial charge < -0.3 is 5.11 Å². The SMILES string of the molecule is CC1(C)C[C@H]2C[C@](C)(CN2Cn2c(O)c(N=NC(=O)c3cccs3)c3ccccc32)C1. The smallest absolute Gasteiger partial charge is 0.305 e. The molecular weight excluding hydrogens is 408 g/mol. The fourth-order valence-corrected chi connectivity index (χ4v) is 6.58. The van der Waals surface area contributed by atoms with E-state index in [1.165, 1.54) is 30.6 Å². The highest BCUT2D eigenvalue weighted by atomic mass is 32.1. The van der Waals surface area contributed by atoms with Crippen LogP contribution in [0.15, 0.2) is 52.0 Å². The minimum Gasteiger partial charge on any atom is -0.493 e. The number of rotatable bonds is 4. The number of carbonyl (C=O) groups is 1. The lowest BCUT2D eigenvalue weighted by Crippen LogP contribution is -2.35. The van der Waals surface area contributed by atoms with Crippen LogP contribution < -0.4 is 0 Å². The topological polar surface area (TPSA) is 70.2 Å². The highest BCUT2D eigenvalue weighted by Crippen LogP contribution is 2.53. The number of benzene rings is 1. The normalized spacial score (nSPS) is 25.6. The van der Waals surface area contributed by atoms with Crippen molar-refractivity contribution in [2.45, 2.75) is 52.7 Å². The number of aromatic nitrogens is 1. The number of nitrogens with zero attached hydrogens (tertiary/aromatic N) is 4. The maximum absolute atomic E-state index is 12.3. The van der Waals surface area contributed by atoms with Crippen LogP contribution >= 0.6 is 11.3 Å². The highest BCUT2D eigenvalue weighted by Gasteiger charge is 2.49. The zero-order valence-electron chi connectivity index (χ0n) is 18.2. The average Bonchev–Trinajstić information content (AvgIpc) is 3.37. The minimum atomic E-state index is -0.394. The summed E-state index contributed by atoms with van der Waals surface area (Å²) < 4.78 is 1.91. The predicted octanol–water partition coefficient (Wildman–Crippen LogP) is 6.19. The number of para-hydroxylation sites is 1. The van der Waals surface area contributed by atoms with Gasteiger partial charge in [-0.2, -0.15) is 0 Å². The maximum Gasteiger partial charge on any atom is 0.305 e. The summed E-state index contributed by atoms with van der Waals surface area (Å²) >= 11 is 1.33. The Kier molecular flexibility index (Phi) is 4.79. The molecule has 7 heteroatoms. The van der Waals surface area contributed by atoms with E-state index in [1.54, 1.807) is 6.07 Å². The largest absolute Gasteiger partial charge is 0.493 e. The van der Waals surface area contributed by atoms with Crippen molar-refractivity contribution < 1.29 is 9.90 Å². The molecule has 1 N–H and O–H groups in total. The van der Waals surface area contributed by atoms with Crippen LogP contribution in [0, 0.1) is 10.8 Å². The maximum atomic E-state index is 12.3. The van der Waals surface area contributed by atoms with Crippen LogP contribution in [0.3, 0.4) is 0 Å². The van der Waals surface area contributed by atoms with Gasteiger partial charge in [0.05, 0.1) is 17.1 Å². The molecule has 2 aliphatic rings. The van der Waals surface area contributed by atoms with Crippen LogP contribution in [-0.2, 0) is 6.67 Å². The Hall–Kier alpha value is -2.51. The Morgan fingerprint density at radius 1 is 1.19 bits per heavy atom. The molecule has 3 heterocycles. The fraction of sp³-hybridized carbons (Fsp3) is 0.458. The second kappa shape index (κ2) is 7.28. The number of amides is 1. The van der Waals surface area contributed by atoms with E-state index in [0.717, 1.165) is 17.4 Å². The second-order valence-electron chi connectivity index (χ2n) is 10.2. The molecule has 1 amide bonds. The molecule has 1 saturated carbocycles. The Bertz CT molecular complexity index is 1160. The van der Waals surface area contributed by atoms with Gasteiger partial charge in [0, 0.05) is 18.0 Å². The molecule has 1 saturated heterocycles. The minimum absolute atomic E-state index is 0.0646. The van der Waals surface area contributed by atoms with Gasteiger partial charge in [0.1, 0.15) is 0 Å². The van der Waals surface area contributed by atoms with Crippen molar-refractivity contribution in [1.29, 1.82) is 0 Å². The first kappa shape index (κ1) is 20.4. The lowest BCUT2D eigenvalue weighted by Gasteiger charge is -2.40. The molecule has 2 bridgehead atoms.